The molecule has 1 aromatic heterocycles. The van der Waals surface area contributed by atoms with E-state index in [0.29, 0.717) is 28.6 Å². The predicted octanol–water partition coefficient (Wildman–Crippen LogP) is 4.00. The van der Waals surface area contributed by atoms with Gasteiger partial charge in [0.2, 0.25) is 5.89 Å². The second-order valence-corrected chi connectivity index (χ2v) is 9.95. The second-order valence-electron chi connectivity index (χ2n) is 7.94. The largest absolute Gasteiger partial charge is 0.440 e. The minimum Gasteiger partial charge on any atom is -0.440 e. The molecule has 0 aliphatic heterocycles. The van der Waals surface area contributed by atoms with Gasteiger partial charge in [-0.25, -0.2) is 17.8 Å². The van der Waals surface area contributed by atoms with Gasteiger partial charge in [-0.15, -0.1) is 0 Å². The molecule has 0 amide bonds. The van der Waals surface area contributed by atoms with Crippen molar-refractivity contribution in [3.05, 3.63) is 95.1 Å². The maximum absolute atomic E-state index is 13.3. The van der Waals surface area contributed by atoms with Gasteiger partial charge in [0.25, 0.3) is 0 Å². The molecular weight excluding hydrogens is 445 g/mol. The van der Waals surface area contributed by atoms with Gasteiger partial charge in [-0.2, -0.15) is 0 Å². The van der Waals surface area contributed by atoms with Crippen molar-refractivity contribution in [2.24, 2.45) is 0 Å². The summed E-state index contributed by atoms with van der Waals surface area (Å²) in [5.41, 5.74) is 3.17. The number of carbonyl (C=O) groups excluding carboxylic acids is 1. The molecule has 0 spiro atoms. The van der Waals surface area contributed by atoms with Gasteiger partial charge in [-0.05, 0) is 59.5 Å². The minimum absolute atomic E-state index is 0.0666. The summed E-state index contributed by atoms with van der Waals surface area (Å²) < 4.78 is 42.7. The van der Waals surface area contributed by atoms with Crippen molar-refractivity contribution < 1.29 is 27.1 Å². The number of benzene rings is 3. The Labute approximate surface area is 190 Å². The summed E-state index contributed by atoms with van der Waals surface area (Å²) in [7, 11) is -3.37. The first-order valence-electron chi connectivity index (χ1n) is 10.3. The molecule has 1 atom stereocenters. The molecular formula is C25H22FNO5S. The summed E-state index contributed by atoms with van der Waals surface area (Å²) in [6.07, 6.45) is 1.37. The molecule has 8 heteroatoms. The highest BCUT2D eigenvalue weighted by atomic mass is 32.2. The van der Waals surface area contributed by atoms with Gasteiger partial charge in [0.1, 0.15) is 17.1 Å². The zero-order chi connectivity index (χ0) is 23.6. The minimum atomic E-state index is -3.37. The first-order valence-corrected chi connectivity index (χ1v) is 12.2. The number of nitrogens with zero attached hydrogens (tertiary/aromatic N) is 1. The summed E-state index contributed by atoms with van der Waals surface area (Å²) >= 11 is 0. The normalized spacial score (nSPS) is 12.7. The number of hydrogen-bond donors (Lipinski definition) is 1. The summed E-state index contributed by atoms with van der Waals surface area (Å²) in [5.74, 6) is -0.887. The molecule has 4 rings (SSSR count). The number of Topliss-reactive ketones (excluding diaryl/α,β-unsaturated/α-hetero) is 1. The van der Waals surface area contributed by atoms with E-state index in [4.69, 9.17) is 4.42 Å². The van der Waals surface area contributed by atoms with E-state index in [2.05, 4.69) is 4.98 Å². The Morgan fingerprint density at radius 3 is 2.33 bits per heavy atom. The lowest BCUT2D eigenvalue weighted by molar-refractivity contribution is -0.120. The Morgan fingerprint density at radius 1 is 1.03 bits per heavy atom. The van der Waals surface area contributed by atoms with E-state index in [1.807, 2.05) is 0 Å². The Hall–Kier alpha value is -3.36. The second kappa shape index (κ2) is 9.25. The van der Waals surface area contributed by atoms with Crippen LogP contribution in [-0.2, 0) is 34.1 Å². The fourth-order valence-corrected chi connectivity index (χ4v) is 4.31. The number of sulfone groups is 1. The Morgan fingerprint density at radius 2 is 1.70 bits per heavy atom. The maximum atomic E-state index is 13.3. The highest BCUT2D eigenvalue weighted by molar-refractivity contribution is 7.90. The van der Waals surface area contributed by atoms with Gasteiger partial charge in [0.05, 0.1) is 17.9 Å². The van der Waals surface area contributed by atoms with E-state index in [0.717, 1.165) is 11.8 Å². The van der Waals surface area contributed by atoms with Crippen LogP contribution in [0.15, 0.2) is 76.0 Å². The molecule has 1 heterocycles. The molecule has 0 radical (unpaired) electrons. The number of hydrogen-bond acceptors (Lipinski definition) is 6. The Balaban J connectivity index is 1.64. The zero-order valence-electron chi connectivity index (χ0n) is 17.9. The zero-order valence-corrected chi connectivity index (χ0v) is 18.7. The van der Waals surface area contributed by atoms with Gasteiger partial charge in [0, 0.05) is 12.2 Å². The van der Waals surface area contributed by atoms with Crippen molar-refractivity contribution in [1.82, 2.24) is 4.98 Å². The van der Waals surface area contributed by atoms with Crippen molar-refractivity contribution in [2.75, 3.05) is 6.26 Å². The van der Waals surface area contributed by atoms with Crippen molar-refractivity contribution in [1.29, 1.82) is 0 Å². The van der Waals surface area contributed by atoms with E-state index >= 15 is 0 Å². The molecule has 0 aliphatic rings. The Bertz CT molecular complexity index is 1390. The van der Waals surface area contributed by atoms with Gasteiger partial charge in [-0.1, -0.05) is 30.3 Å². The molecule has 1 unspecified atom stereocenters. The average Bonchev–Trinajstić information content (AvgIpc) is 3.19. The van der Waals surface area contributed by atoms with Gasteiger partial charge in [0.15, 0.2) is 15.4 Å². The van der Waals surface area contributed by atoms with Crippen LogP contribution in [0, 0.1) is 5.82 Å². The van der Waals surface area contributed by atoms with E-state index in [-0.39, 0.29) is 35.4 Å². The molecule has 0 fully saturated rings. The van der Waals surface area contributed by atoms with E-state index in [1.165, 1.54) is 24.3 Å². The summed E-state index contributed by atoms with van der Waals surface area (Å²) in [6, 6.07) is 17.3. The molecule has 6 nitrogen and oxygen atoms in total. The number of aliphatic hydroxyl groups excluding tert-OH is 1. The third-order valence-corrected chi connectivity index (χ3v) is 6.59. The topological polar surface area (TPSA) is 97.5 Å². The lowest BCUT2D eigenvalue weighted by Crippen LogP contribution is -2.18. The number of aromatic nitrogens is 1. The lowest BCUT2D eigenvalue weighted by atomic mass is 9.87. The smallest absolute Gasteiger partial charge is 0.202 e. The van der Waals surface area contributed by atoms with Gasteiger partial charge < -0.3 is 9.52 Å². The van der Waals surface area contributed by atoms with Crippen LogP contribution in [0.25, 0.3) is 11.1 Å². The summed E-state index contributed by atoms with van der Waals surface area (Å²) in [6.45, 7) is -0.131. The van der Waals surface area contributed by atoms with E-state index < -0.39 is 15.8 Å². The third kappa shape index (κ3) is 5.35. The third-order valence-electron chi connectivity index (χ3n) is 5.46. The van der Waals surface area contributed by atoms with Crippen LogP contribution >= 0.6 is 0 Å². The fourth-order valence-electron chi connectivity index (χ4n) is 3.68. The molecule has 0 bridgehead atoms. The van der Waals surface area contributed by atoms with Crippen LogP contribution < -0.4 is 0 Å². The van der Waals surface area contributed by atoms with Gasteiger partial charge >= 0.3 is 0 Å². The number of aliphatic hydroxyl groups is 1. The maximum Gasteiger partial charge on any atom is 0.202 e. The van der Waals surface area contributed by atoms with Crippen molar-refractivity contribution in [3.8, 4) is 0 Å². The molecule has 170 valence electrons. The number of rotatable bonds is 8. The summed E-state index contributed by atoms with van der Waals surface area (Å²) in [5, 5.41) is 9.30. The van der Waals surface area contributed by atoms with Crippen LogP contribution in [0.1, 0.15) is 28.5 Å². The number of oxazole rings is 1. The van der Waals surface area contributed by atoms with Crippen molar-refractivity contribution in [2.45, 2.75) is 30.3 Å². The summed E-state index contributed by atoms with van der Waals surface area (Å²) in [4.78, 5) is 17.9. The van der Waals surface area contributed by atoms with Crippen LogP contribution in [-0.4, -0.2) is 30.5 Å². The number of halogens is 1. The first-order chi connectivity index (χ1) is 15.7. The van der Waals surface area contributed by atoms with E-state index in [9.17, 15) is 22.7 Å². The Kier molecular flexibility index (Phi) is 6.40. The van der Waals surface area contributed by atoms with Crippen molar-refractivity contribution >= 4 is 26.7 Å². The van der Waals surface area contributed by atoms with Crippen LogP contribution in [0.5, 0.6) is 0 Å². The predicted molar refractivity (Wildman–Crippen MR) is 121 cm³/mol. The molecule has 0 saturated carbocycles. The van der Waals surface area contributed by atoms with Gasteiger partial charge in [-0.3, -0.25) is 4.79 Å². The first kappa shape index (κ1) is 22.8. The van der Waals surface area contributed by atoms with Crippen LogP contribution in [0.3, 0.4) is 0 Å². The highest BCUT2D eigenvalue weighted by Gasteiger charge is 2.24. The molecule has 0 saturated heterocycles. The number of fused-ring (bicyclic) bond motifs is 1. The van der Waals surface area contributed by atoms with Crippen LogP contribution in [0.2, 0.25) is 0 Å². The lowest BCUT2D eigenvalue weighted by Gasteiger charge is -2.16. The number of ketones is 1. The highest BCUT2D eigenvalue weighted by Crippen LogP contribution is 2.26. The fraction of sp³-hybridized carbons (Fsp3) is 0.200. The quantitative estimate of drug-likeness (QED) is 0.421. The molecule has 4 aromatic rings. The average molecular weight is 468 g/mol. The molecule has 0 aliphatic carbocycles. The van der Waals surface area contributed by atoms with Crippen LogP contribution in [0.4, 0.5) is 4.39 Å². The molecule has 33 heavy (non-hydrogen) atoms. The SMILES string of the molecule is CS(=O)(=O)c1ccc(C(Cc2ccc(F)cc2)C(=O)Cc2nc3ccc(CO)cc3o2)cc1. The molecule has 1 N–H and O–H groups in total. The standard InChI is InChI=1S/C25H22FNO5S/c1-33(30,31)20-9-5-18(6-10-20)21(12-16-2-7-19(26)8-3-16)23(29)14-25-27-22-11-4-17(15-28)13-24(22)32-25/h2-11,13,21,28H,12,14-15H2,1H3. The number of carbonyl (C=O) groups is 1. The monoisotopic (exact) mass is 467 g/mol. The van der Waals surface area contributed by atoms with E-state index in [1.54, 1.807) is 42.5 Å². The van der Waals surface area contributed by atoms with Crippen molar-refractivity contribution in [3.63, 3.8) is 0 Å². The molecule has 3 aromatic carbocycles.